The molecule has 0 heterocycles. The van der Waals surface area contributed by atoms with E-state index in [1.54, 1.807) is 19.0 Å². The molecule has 0 aliphatic heterocycles. The highest BCUT2D eigenvalue weighted by atomic mass is 127. The van der Waals surface area contributed by atoms with E-state index in [2.05, 4.69) is 22.5 Å². The number of carbonyl (C=O) groups excluding carboxylic acids is 1. The van der Waals surface area contributed by atoms with Gasteiger partial charge in [-0.25, -0.2) is 4.99 Å². The first-order valence-electron chi connectivity index (χ1n) is 8.78. The Kier molecular flexibility index (Phi) is 12.5. The second-order valence-corrected chi connectivity index (χ2v) is 6.61. The maximum absolute atomic E-state index is 11.6. The van der Waals surface area contributed by atoms with Gasteiger partial charge in [-0.15, -0.1) is 24.0 Å². The Hall–Kier alpha value is -0.530. The van der Waals surface area contributed by atoms with Gasteiger partial charge in [0.1, 0.15) is 6.54 Å². The van der Waals surface area contributed by atoms with Crippen LogP contribution in [0.4, 0.5) is 0 Å². The van der Waals surface area contributed by atoms with Crippen molar-refractivity contribution in [2.45, 2.75) is 64.8 Å². The van der Waals surface area contributed by atoms with Crippen LogP contribution >= 0.6 is 24.0 Å². The Morgan fingerprint density at radius 2 is 1.91 bits per heavy atom. The van der Waals surface area contributed by atoms with Gasteiger partial charge < -0.3 is 15.5 Å². The summed E-state index contributed by atoms with van der Waals surface area (Å²) in [6.45, 7) is 5.23. The lowest BCUT2D eigenvalue weighted by molar-refractivity contribution is -0.127. The maximum Gasteiger partial charge on any atom is 0.243 e. The quantitative estimate of drug-likeness (QED) is 0.365. The van der Waals surface area contributed by atoms with E-state index >= 15 is 0 Å². The first kappa shape index (κ1) is 22.5. The molecule has 2 N–H and O–H groups in total. The number of hydrogen-bond acceptors (Lipinski definition) is 2. The highest BCUT2D eigenvalue weighted by Crippen LogP contribution is 2.27. The van der Waals surface area contributed by atoms with Gasteiger partial charge in [0.15, 0.2) is 5.96 Å². The van der Waals surface area contributed by atoms with Crippen molar-refractivity contribution in [3.05, 3.63) is 0 Å². The van der Waals surface area contributed by atoms with Crippen molar-refractivity contribution in [3.63, 3.8) is 0 Å². The lowest BCUT2D eigenvalue weighted by Crippen LogP contribution is -2.43. The third-order valence-corrected chi connectivity index (χ3v) is 4.33. The van der Waals surface area contributed by atoms with E-state index in [9.17, 15) is 4.79 Å². The van der Waals surface area contributed by atoms with E-state index in [0.717, 1.165) is 24.8 Å². The molecule has 1 aliphatic carbocycles. The fourth-order valence-corrected chi connectivity index (χ4v) is 2.88. The molecular formula is C17H35IN4O. The standard InChI is InChI=1S/C17H34N4O.HI/c1-5-18-17(19-13-16(22)21(3)4)20-14(2)11-12-15-9-7-6-8-10-15;/h14-15H,5-13H2,1-4H3,(H2,18,19,20);1H. The van der Waals surface area contributed by atoms with Gasteiger partial charge in [-0.1, -0.05) is 32.1 Å². The summed E-state index contributed by atoms with van der Waals surface area (Å²) in [6.07, 6.45) is 9.49. The van der Waals surface area contributed by atoms with Crippen molar-refractivity contribution >= 4 is 35.8 Å². The fourth-order valence-electron chi connectivity index (χ4n) is 2.88. The van der Waals surface area contributed by atoms with Crippen LogP contribution in [-0.4, -0.2) is 50.0 Å². The molecule has 1 amide bonds. The Bertz CT molecular complexity index is 355. The van der Waals surface area contributed by atoms with Gasteiger partial charge in [0.05, 0.1) is 0 Å². The van der Waals surface area contributed by atoms with Gasteiger partial charge in [0, 0.05) is 26.7 Å². The minimum atomic E-state index is 0. The van der Waals surface area contributed by atoms with Crippen LogP contribution in [0.3, 0.4) is 0 Å². The summed E-state index contributed by atoms with van der Waals surface area (Å²) in [6, 6.07) is 0.384. The number of amides is 1. The molecule has 0 radical (unpaired) electrons. The highest BCUT2D eigenvalue weighted by Gasteiger charge is 2.15. The van der Waals surface area contributed by atoms with Crippen LogP contribution in [0.25, 0.3) is 0 Å². The number of guanidine groups is 1. The van der Waals surface area contributed by atoms with Crippen molar-refractivity contribution in [1.82, 2.24) is 15.5 Å². The summed E-state index contributed by atoms with van der Waals surface area (Å²) >= 11 is 0. The number of likely N-dealkylation sites (N-methyl/N-ethyl adjacent to an activating group) is 1. The molecule has 0 saturated heterocycles. The first-order valence-corrected chi connectivity index (χ1v) is 8.78. The third-order valence-electron chi connectivity index (χ3n) is 4.33. The summed E-state index contributed by atoms with van der Waals surface area (Å²) in [5, 5.41) is 6.63. The third kappa shape index (κ3) is 10.0. The van der Waals surface area contributed by atoms with Crippen molar-refractivity contribution in [3.8, 4) is 0 Å². The molecule has 0 spiro atoms. The molecule has 0 aromatic heterocycles. The molecule has 23 heavy (non-hydrogen) atoms. The van der Waals surface area contributed by atoms with Crippen LogP contribution in [0.15, 0.2) is 4.99 Å². The molecule has 136 valence electrons. The van der Waals surface area contributed by atoms with Crippen LogP contribution in [0.1, 0.15) is 58.8 Å². The predicted octanol–water partition coefficient (Wildman–Crippen LogP) is 3.00. The normalized spacial score (nSPS) is 17.1. The molecule has 1 rings (SSSR count). The molecule has 1 atom stereocenters. The lowest BCUT2D eigenvalue weighted by atomic mass is 9.85. The number of nitrogens with one attached hydrogen (secondary N) is 2. The molecule has 1 aliphatic rings. The number of carbonyl (C=O) groups is 1. The van der Waals surface area contributed by atoms with Gasteiger partial charge >= 0.3 is 0 Å². The lowest BCUT2D eigenvalue weighted by Gasteiger charge is -2.24. The number of halogens is 1. The number of aliphatic imine (C=N–C) groups is 1. The van der Waals surface area contributed by atoms with Crippen molar-refractivity contribution < 1.29 is 4.79 Å². The van der Waals surface area contributed by atoms with Crippen molar-refractivity contribution in [2.24, 2.45) is 10.9 Å². The maximum atomic E-state index is 11.6. The summed E-state index contributed by atoms with van der Waals surface area (Å²) < 4.78 is 0. The predicted molar refractivity (Wildman–Crippen MR) is 108 cm³/mol. The first-order chi connectivity index (χ1) is 10.5. The van der Waals surface area contributed by atoms with Crippen molar-refractivity contribution in [1.29, 1.82) is 0 Å². The Labute approximate surface area is 159 Å². The van der Waals surface area contributed by atoms with E-state index in [1.807, 2.05) is 6.92 Å². The monoisotopic (exact) mass is 438 g/mol. The van der Waals surface area contributed by atoms with E-state index in [4.69, 9.17) is 0 Å². The highest BCUT2D eigenvalue weighted by molar-refractivity contribution is 14.0. The zero-order valence-corrected chi connectivity index (χ0v) is 17.6. The SMILES string of the molecule is CCNC(=NCC(=O)N(C)C)NC(C)CCC1CCCCC1.I. The molecule has 5 nitrogen and oxygen atoms in total. The molecule has 0 bridgehead atoms. The van der Waals surface area contributed by atoms with E-state index in [0.29, 0.717) is 6.04 Å². The van der Waals surface area contributed by atoms with E-state index in [-0.39, 0.29) is 36.4 Å². The number of hydrogen-bond donors (Lipinski definition) is 2. The summed E-state index contributed by atoms with van der Waals surface area (Å²) in [4.78, 5) is 17.6. The van der Waals surface area contributed by atoms with E-state index < -0.39 is 0 Å². The van der Waals surface area contributed by atoms with Crippen LogP contribution in [0, 0.1) is 5.92 Å². The molecule has 0 aromatic carbocycles. The smallest absolute Gasteiger partial charge is 0.243 e. The average molecular weight is 438 g/mol. The Morgan fingerprint density at radius 1 is 1.26 bits per heavy atom. The zero-order valence-electron chi connectivity index (χ0n) is 15.2. The fraction of sp³-hybridized carbons (Fsp3) is 0.882. The Balaban J connectivity index is 0.00000484. The molecule has 6 heteroatoms. The summed E-state index contributed by atoms with van der Waals surface area (Å²) in [7, 11) is 3.51. The molecule has 1 saturated carbocycles. The van der Waals surface area contributed by atoms with Gasteiger partial charge in [0.2, 0.25) is 5.91 Å². The van der Waals surface area contributed by atoms with Gasteiger partial charge in [-0.05, 0) is 32.6 Å². The second-order valence-electron chi connectivity index (χ2n) is 6.61. The number of rotatable bonds is 7. The van der Waals surface area contributed by atoms with Gasteiger partial charge in [-0.2, -0.15) is 0 Å². The van der Waals surface area contributed by atoms with Crippen LogP contribution in [0.5, 0.6) is 0 Å². The van der Waals surface area contributed by atoms with Crippen LogP contribution in [-0.2, 0) is 4.79 Å². The molecule has 0 aromatic rings. The van der Waals surface area contributed by atoms with Gasteiger partial charge in [0.25, 0.3) is 0 Å². The summed E-state index contributed by atoms with van der Waals surface area (Å²) in [5.41, 5.74) is 0. The van der Waals surface area contributed by atoms with Crippen molar-refractivity contribution in [2.75, 3.05) is 27.2 Å². The minimum Gasteiger partial charge on any atom is -0.357 e. The van der Waals surface area contributed by atoms with E-state index in [1.165, 1.54) is 38.5 Å². The molecule has 1 unspecified atom stereocenters. The average Bonchev–Trinajstić information content (AvgIpc) is 2.51. The topological polar surface area (TPSA) is 56.7 Å². The number of nitrogens with zero attached hydrogens (tertiary/aromatic N) is 2. The molecule has 1 fully saturated rings. The Morgan fingerprint density at radius 3 is 2.48 bits per heavy atom. The largest absolute Gasteiger partial charge is 0.357 e. The minimum absolute atomic E-state index is 0. The zero-order chi connectivity index (χ0) is 16.4. The summed E-state index contributed by atoms with van der Waals surface area (Å²) in [5.74, 6) is 1.67. The van der Waals surface area contributed by atoms with Crippen LogP contribution < -0.4 is 10.6 Å². The van der Waals surface area contributed by atoms with Crippen LogP contribution in [0.2, 0.25) is 0 Å². The molecular weight excluding hydrogens is 403 g/mol. The van der Waals surface area contributed by atoms with Gasteiger partial charge in [-0.3, -0.25) is 4.79 Å². The second kappa shape index (κ2) is 12.8.